The minimum absolute atomic E-state index is 0.636. The van der Waals surface area contributed by atoms with Crippen LogP contribution in [0.4, 0.5) is 11.4 Å². The van der Waals surface area contributed by atoms with E-state index in [1.165, 1.54) is 0 Å². The van der Waals surface area contributed by atoms with Crippen molar-refractivity contribution in [1.82, 2.24) is 4.98 Å². The summed E-state index contributed by atoms with van der Waals surface area (Å²) in [6.07, 6.45) is 1.67. The normalized spacial score (nSPS) is 10.7. The third kappa shape index (κ3) is 2.68. The summed E-state index contributed by atoms with van der Waals surface area (Å²) in [7, 11) is 1.67. The largest absolute Gasteiger partial charge is 0.396 e. The number of nitrogens with one attached hydrogen (secondary N) is 1. The molecule has 2 rings (SSSR count). The van der Waals surface area contributed by atoms with Gasteiger partial charge in [0.1, 0.15) is 0 Å². The fourth-order valence-corrected chi connectivity index (χ4v) is 2.02. The van der Waals surface area contributed by atoms with Gasteiger partial charge in [-0.3, -0.25) is 4.98 Å². The summed E-state index contributed by atoms with van der Waals surface area (Å²) in [5.74, 6) is 0. The zero-order chi connectivity index (χ0) is 12.3. The van der Waals surface area contributed by atoms with E-state index >= 15 is 0 Å². The van der Waals surface area contributed by atoms with Crippen LogP contribution in [-0.2, 0) is 4.74 Å². The van der Waals surface area contributed by atoms with Gasteiger partial charge in [0.25, 0.3) is 0 Å². The smallest absolute Gasteiger partial charge is 0.0743 e. The molecule has 5 heteroatoms. The molecule has 0 bridgehead atoms. The van der Waals surface area contributed by atoms with E-state index in [4.69, 9.17) is 10.5 Å². The Balaban J connectivity index is 2.43. The number of nitrogens with two attached hydrogens (primary N) is 1. The molecule has 0 aliphatic rings. The number of pyridine rings is 1. The Kier molecular flexibility index (Phi) is 3.81. The molecule has 0 unspecified atom stereocenters. The zero-order valence-electron chi connectivity index (χ0n) is 9.53. The molecular formula is C12H14BrN3O. The van der Waals surface area contributed by atoms with E-state index in [2.05, 4.69) is 26.2 Å². The molecule has 3 N–H and O–H groups in total. The molecule has 1 aromatic carbocycles. The summed E-state index contributed by atoms with van der Waals surface area (Å²) < 4.78 is 6.02. The first kappa shape index (κ1) is 12.1. The third-order valence-electron chi connectivity index (χ3n) is 2.47. The van der Waals surface area contributed by atoms with Crippen molar-refractivity contribution in [2.75, 3.05) is 31.3 Å². The molecule has 0 spiro atoms. The number of ether oxygens (including phenoxy) is 1. The Morgan fingerprint density at radius 3 is 3.06 bits per heavy atom. The van der Waals surface area contributed by atoms with E-state index in [9.17, 15) is 0 Å². The summed E-state index contributed by atoms with van der Waals surface area (Å²) in [5, 5.41) is 4.28. The highest BCUT2D eigenvalue weighted by Gasteiger charge is 2.06. The minimum atomic E-state index is 0.636. The molecule has 0 aliphatic carbocycles. The summed E-state index contributed by atoms with van der Waals surface area (Å²) in [6, 6.07) is 5.93. The highest BCUT2D eigenvalue weighted by atomic mass is 79.9. The van der Waals surface area contributed by atoms with E-state index in [0.29, 0.717) is 18.8 Å². The molecule has 1 heterocycles. The highest BCUT2D eigenvalue weighted by Crippen LogP contribution is 2.29. The first-order valence-corrected chi connectivity index (χ1v) is 6.08. The molecule has 0 saturated heterocycles. The average Bonchev–Trinajstić information content (AvgIpc) is 2.32. The van der Waals surface area contributed by atoms with Crippen LogP contribution < -0.4 is 11.1 Å². The Labute approximate surface area is 108 Å². The number of rotatable bonds is 4. The zero-order valence-corrected chi connectivity index (χ0v) is 11.1. The second-order valence-electron chi connectivity index (χ2n) is 3.67. The number of methoxy groups -OCH3 is 1. The second kappa shape index (κ2) is 5.33. The maximum Gasteiger partial charge on any atom is 0.0743 e. The summed E-state index contributed by atoms with van der Waals surface area (Å²) in [4.78, 5) is 4.29. The quantitative estimate of drug-likeness (QED) is 0.852. The van der Waals surface area contributed by atoms with Crippen LogP contribution in [0.3, 0.4) is 0 Å². The van der Waals surface area contributed by atoms with Crippen LogP contribution in [0.2, 0.25) is 0 Å². The lowest BCUT2D eigenvalue weighted by Crippen LogP contribution is -2.10. The van der Waals surface area contributed by atoms with Gasteiger partial charge >= 0.3 is 0 Å². The van der Waals surface area contributed by atoms with Gasteiger partial charge in [0, 0.05) is 23.5 Å². The molecule has 0 radical (unpaired) electrons. The van der Waals surface area contributed by atoms with Crippen molar-refractivity contribution in [2.24, 2.45) is 0 Å². The van der Waals surface area contributed by atoms with Gasteiger partial charge in [-0.25, -0.2) is 0 Å². The molecule has 0 atom stereocenters. The summed E-state index contributed by atoms with van der Waals surface area (Å²) in [6.45, 7) is 1.35. The predicted molar refractivity (Wildman–Crippen MR) is 74.2 cm³/mol. The first-order valence-electron chi connectivity index (χ1n) is 5.29. The number of halogens is 1. The van der Waals surface area contributed by atoms with Crippen molar-refractivity contribution in [3.8, 4) is 0 Å². The molecule has 17 heavy (non-hydrogen) atoms. The van der Waals surface area contributed by atoms with E-state index in [0.717, 1.165) is 21.1 Å². The van der Waals surface area contributed by atoms with Crippen molar-refractivity contribution < 1.29 is 4.74 Å². The lowest BCUT2D eigenvalue weighted by Gasteiger charge is -2.12. The van der Waals surface area contributed by atoms with Crippen LogP contribution in [0, 0.1) is 0 Å². The predicted octanol–water partition coefficient (Wildman–Crippen LogP) is 2.64. The molecule has 90 valence electrons. The standard InChI is InChI=1S/C12H14BrN3O/c1-17-5-4-15-12-9-6-8(13)2-3-11(9)16-7-10(12)14/h2-3,6-7H,4-5,14H2,1H3,(H,15,16). The van der Waals surface area contributed by atoms with Crippen LogP contribution in [-0.4, -0.2) is 25.2 Å². The van der Waals surface area contributed by atoms with Crippen molar-refractivity contribution in [2.45, 2.75) is 0 Å². The third-order valence-corrected chi connectivity index (χ3v) is 2.96. The lowest BCUT2D eigenvalue weighted by molar-refractivity contribution is 0.211. The van der Waals surface area contributed by atoms with Gasteiger partial charge in [-0.1, -0.05) is 15.9 Å². The number of nitrogen functional groups attached to an aromatic ring is 1. The fourth-order valence-electron chi connectivity index (χ4n) is 1.66. The van der Waals surface area contributed by atoms with Crippen molar-refractivity contribution >= 4 is 38.2 Å². The van der Waals surface area contributed by atoms with Crippen LogP contribution >= 0.6 is 15.9 Å². The van der Waals surface area contributed by atoms with Gasteiger partial charge in [0.2, 0.25) is 0 Å². The van der Waals surface area contributed by atoms with Gasteiger partial charge in [-0.15, -0.1) is 0 Å². The van der Waals surface area contributed by atoms with Crippen LogP contribution in [0.25, 0.3) is 10.9 Å². The van der Waals surface area contributed by atoms with Gasteiger partial charge in [0.15, 0.2) is 0 Å². The minimum Gasteiger partial charge on any atom is -0.396 e. The van der Waals surface area contributed by atoms with Gasteiger partial charge < -0.3 is 15.8 Å². The number of anilines is 2. The summed E-state index contributed by atoms with van der Waals surface area (Å²) in [5.41, 5.74) is 8.41. The van der Waals surface area contributed by atoms with E-state index in [1.807, 2.05) is 18.2 Å². The van der Waals surface area contributed by atoms with E-state index in [-0.39, 0.29) is 0 Å². The topological polar surface area (TPSA) is 60.2 Å². The molecular weight excluding hydrogens is 282 g/mol. The van der Waals surface area contributed by atoms with E-state index in [1.54, 1.807) is 13.3 Å². The van der Waals surface area contributed by atoms with Gasteiger partial charge in [-0.05, 0) is 18.2 Å². The number of benzene rings is 1. The number of hydrogen-bond donors (Lipinski definition) is 2. The average molecular weight is 296 g/mol. The fraction of sp³-hybridized carbons (Fsp3) is 0.250. The number of hydrogen-bond acceptors (Lipinski definition) is 4. The Morgan fingerprint density at radius 2 is 2.29 bits per heavy atom. The first-order chi connectivity index (χ1) is 8.22. The molecule has 0 amide bonds. The number of aromatic nitrogens is 1. The number of fused-ring (bicyclic) bond motifs is 1. The second-order valence-corrected chi connectivity index (χ2v) is 4.59. The maximum atomic E-state index is 5.94. The summed E-state index contributed by atoms with van der Waals surface area (Å²) >= 11 is 3.45. The van der Waals surface area contributed by atoms with Gasteiger partial charge in [-0.2, -0.15) is 0 Å². The number of nitrogens with zero attached hydrogens (tertiary/aromatic N) is 1. The SMILES string of the molecule is COCCNc1c(N)cnc2ccc(Br)cc12. The Hall–Kier alpha value is -1.33. The van der Waals surface area contributed by atoms with Crippen LogP contribution in [0.15, 0.2) is 28.9 Å². The molecule has 0 fully saturated rings. The van der Waals surface area contributed by atoms with Crippen LogP contribution in [0.1, 0.15) is 0 Å². The molecule has 2 aromatic rings. The van der Waals surface area contributed by atoms with Crippen molar-refractivity contribution in [3.05, 3.63) is 28.9 Å². The molecule has 0 saturated carbocycles. The monoisotopic (exact) mass is 295 g/mol. The Morgan fingerprint density at radius 1 is 1.47 bits per heavy atom. The van der Waals surface area contributed by atoms with Crippen molar-refractivity contribution in [3.63, 3.8) is 0 Å². The maximum absolute atomic E-state index is 5.94. The van der Waals surface area contributed by atoms with E-state index < -0.39 is 0 Å². The lowest BCUT2D eigenvalue weighted by atomic mass is 10.1. The molecule has 0 aliphatic heterocycles. The highest BCUT2D eigenvalue weighted by molar-refractivity contribution is 9.10. The van der Waals surface area contributed by atoms with Gasteiger partial charge in [0.05, 0.1) is 29.7 Å². The van der Waals surface area contributed by atoms with Crippen LogP contribution in [0.5, 0.6) is 0 Å². The van der Waals surface area contributed by atoms with Crippen molar-refractivity contribution in [1.29, 1.82) is 0 Å². The molecule has 1 aromatic heterocycles. The molecule has 4 nitrogen and oxygen atoms in total. The Bertz CT molecular complexity index is 525.